The second-order valence-electron chi connectivity index (χ2n) is 6.73. The van der Waals surface area contributed by atoms with E-state index in [0.717, 1.165) is 25.0 Å². The summed E-state index contributed by atoms with van der Waals surface area (Å²) in [7, 11) is -3.89. The molecule has 0 bridgehead atoms. The molecule has 0 aliphatic carbocycles. The number of nitro benzene ring substituents is 1. The first kappa shape index (κ1) is 22.7. The van der Waals surface area contributed by atoms with E-state index in [1.165, 1.54) is 18.2 Å². The molecule has 0 saturated heterocycles. The van der Waals surface area contributed by atoms with Crippen LogP contribution in [0.3, 0.4) is 0 Å². The molecule has 0 radical (unpaired) electrons. The smallest absolute Gasteiger partial charge is 0.340 e. The summed E-state index contributed by atoms with van der Waals surface area (Å²) in [4.78, 5) is 27.0. The van der Waals surface area contributed by atoms with Gasteiger partial charge in [-0.15, -0.1) is 0 Å². The van der Waals surface area contributed by atoms with Crippen molar-refractivity contribution in [1.29, 1.82) is 0 Å². The van der Waals surface area contributed by atoms with E-state index in [1.54, 1.807) is 6.07 Å². The number of nitro groups is 1. The van der Waals surface area contributed by atoms with Gasteiger partial charge in [0.15, 0.2) is 0 Å². The van der Waals surface area contributed by atoms with Gasteiger partial charge in [0, 0.05) is 18.7 Å². The molecule has 12 heteroatoms. The highest BCUT2D eigenvalue weighted by atomic mass is 35.5. The fourth-order valence-electron chi connectivity index (χ4n) is 3.00. The standard InChI is InChI=1S/C19H19ClN4O6S/c1-2-3-8-23-17-7-5-13(31(21,28)29)10-16(17)22-18(23)11-30-19(25)14-6-4-12(24(26)27)9-15(14)20/h4-7,9-10H,2-3,8,11H2,1H3,(H2,21,28,29). The van der Waals surface area contributed by atoms with E-state index < -0.39 is 20.9 Å². The molecule has 10 nitrogen and oxygen atoms in total. The highest BCUT2D eigenvalue weighted by Gasteiger charge is 2.19. The third-order valence-corrected chi connectivity index (χ3v) is 5.80. The summed E-state index contributed by atoms with van der Waals surface area (Å²) in [5.41, 5.74) is 0.830. The third-order valence-electron chi connectivity index (χ3n) is 4.58. The van der Waals surface area contributed by atoms with Crippen molar-refractivity contribution in [2.75, 3.05) is 0 Å². The molecule has 2 aromatic carbocycles. The largest absolute Gasteiger partial charge is 0.454 e. The summed E-state index contributed by atoms with van der Waals surface area (Å²) < 4.78 is 30.4. The number of imidazole rings is 1. The number of non-ortho nitro benzene ring substituents is 1. The SMILES string of the molecule is CCCCn1c(COC(=O)c2ccc([N+](=O)[O-])cc2Cl)nc2cc(S(N)(=O)=O)ccc21. The van der Waals surface area contributed by atoms with E-state index in [2.05, 4.69) is 4.98 Å². The number of fused-ring (bicyclic) bond motifs is 1. The number of primary sulfonamides is 1. The predicted molar refractivity (Wildman–Crippen MR) is 113 cm³/mol. The summed E-state index contributed by atoms with van der Waals surface area (Å²) in [6.07, 6.45) is 1.74. The number of nitrogens with two attached hydrogens (primary N) is 1. The maximum Gasteiger partial charge on any atom is 0.340 e. The van der Waals surface area contributed by atoms with Gasteiger partial charge in [0.05, 0.1) is 31.4 Å². The molecule has 31 heavy (non-hydrogen) atoms. The van der Waals surface area contributed by atoms with Crippen LogP contribution in [0.15, 0.2) is 41.3 Å². The van der Waals surface area contributed by atoms with E-state index >= 15 is 0 Å². The van der Waals surface area contributed by atoms with Crippen LogP contribution in [-0.2, 0) is 27.9 Å². The van der Waals surface area contributed by atoms with Crippen LogP contribution in [0.25, 0.3) is 11.0 Å². The predicted octanol–water partition coefficient (Wildman–Crippen LogP) is 3.40. The van der Waals surface area contributed by atoms with Gasteiger partial charge < -0.3 is 9.30 Å². The van der Waals surface area contributed by atoms with Crippen LogP contribution >= 0.6 is 11.6 Å². The van der Waals surface area contributed by atoms with Gasteiger partial charge in [-0.1, -0.05) is 24.9 Å². The lowest BCUT2D eigenvalue weighted by Gasteiger charge is -2.10. The molecular weight excluding hydrogens is 448 g/mol. The lowest BCUT2D eigenvalue weighted by molar-refractivity contribution is -0.384. The number of hydrogen-bond donors (Lipinski definition) is 1. The van der Waals surface area contributed by atoms with E-state index in [0.29, 0.717) is 23.4 Å². The Morgan fingerprint density at radius 2 is 2.03 bits per heavy atom. The maximum absolute atomic E-state index is 12.4. The Labute approximate surface area is 182 Å². The number of carbonyl (C=O) groups excluding carboxylic acids is 1. The van der Waals surface area contributed by atoms with Gasteiger partial charge in [-0.25, -0.2) is 23.3 Å². The number of nitrogens with zero attached hydrogens (tertiary/aromatic N) is 3. The minimum atomic E-state index is -3.89. The van der Waals surface area contributed by atoms with Gasteiger partial charge >= 0.3 is 5.97 Å². The number of esters is 1. The number of ether oxygens (including phenoxy) is 1. The van der Waals surface area contributed by atoms with Gasteiger partial charge in [0.2, 0.25) is 10.0 Å². The Kier molecular flexibility index (Phi) is 6.58. The molecule has 0 unspecified atom stereocenters. The van der Waals surface area contributed by atoms with E-state index in [-0.39, 0.29) is 27.8 Å². The number of aromatic nitrogens is 2. The molecule has 0 saturated carbocycles. The molecule has 1 heterocycles. The van der Waals surface area contributed by atoms with E-state index in [9.17, 15) is 23.3 Å². The molecule has 0 spiro atoms. The molecule has 0 amide bonds. The van der Waals surface area contributed by atoms with Crippen LogP contribution in [0.5, 0.6) is 0 Å². The Balaban J connectivity index is 1.89. The fraction of sp³-hybridized carbons (Fsp3) is 0.263. The van der Waals surface area contributed by atoms with Gasteiger partial charge in [0.25, 0.3) is 5.69 Å². The minimum Gasteiger partial charge on any atom is -0.454 e. The number of rotatable bonds is 8. The van der Waals surface area contributed by atoms with Crippen molar-refractivity contribution in [3.8, 4) is 0 Å². The molecule has 164 valence electrons. The highest BCUT2D eigenvalue weighted by Crippen LogP contribution is 2.25. The summed E-state index contributed by atoms with van der Waals surface area (Å²) >= 11 is 5.98. The maximum atomic E-state index is 12.4. The van der Waals surface area contributed by atoms with Crippen LogP contribution < -0.4 is 5.14 Å². The van der Waals surface area contributed by atoms with Crippen molar-refractivity contribution in [2.24, 2.45) is 5.14 Å². The summed E-state index contributed by atoms with van der Waals surface area (Å²) in [5.74, 6) is -0.347. The lowest BCUT2D eigenvalue weighted by Crippen LogP contribution is -2.12. The Morgan fingerprint density at radius 1 is 1.29 bits per heavy atom. The Hall–Kier alpha value is -3.02. The normalized spacial score (nSPS) is 11.6. The molecule has 2 N–H and O–H groups in total. The quantitative estimate of drug-likeness (QED) is 0.304. The zero-order valence-electron chi connectivity index (χ0n) is 16.4. The second kappa shape index (κ2) is 9.00. The summed E-state index contributed by atoms with van der Waals surface area (Å²) in [5, 5.41) is 15.9. The molecule has 1 aromatic heterocycles. The van der Waals surface area contributed by atoms with Crippen molar-refractivity contribution >= 4 is 44.3 Å². The van der Waals surface area contributed by atoms with Crippen LogP contribution in [-0.4, -0.2) is 28.9 Å². The van der Waals surface area contributed by atoms with Crippen molar-refractivity contribution in [3.63, 3.8) is 0 Å². The number of unbranched alkanes of at least 4 members (excludes halogenated alkanes) is 1. The first-order valence-corrected chi connectivity index (χ1v) is 11.2. The molecule has 0 atom stereocenters. The number of hydrogen-bond acceptors (Lipinski definition) is 7. The number of halogens is 1. The monoisotopic (exact) mass is 466 g/mol. The molecule has 0 aliphatic heterocycles. The fourth-order valence-corrected chi connectivity index (χ4v) is 3.79. The molecule has 0 aliphatic rings. The van der Waals surface area contributed by atoms with Crippen molar-refractivity contribution < 1.29 is 22.9 Å². The van der Waals surface area contributed by atoms with Gasteiger partial charge in [-0.3, -0.25) is 10.1 Å². The molecule has 3 rings (SSSR count). The first-order valence-electron chi connectivity index (χ1n) is 9.25. The van der Waals surface area contributed by atoms with Crippen molar-refractivity contribution in [2.45, 2.75) is 37.8 Å². The zero-order valence-corrected chi connectivity index (χ0v) is 18.0. The highest BCUT2D eigenvalue weighted by molar-refractivity contribution is 7.89. The van der Waals surface area contributed by atoms with Crippen LogP contribution in [0.1, 0.15) is 35.9 Å². The average Bonchev–Trinajstić information content (AvgIpc) is 3.06. The number of carbonyl (C=O) groups is 1. The van der Waals surface area contributed by atoms with Gasteiger partial charge in [0.1, 0.15) is 12.4 Å². The third kappa shape index (κ3) is 5.01. The van der Waals surface area contributed by atoms with Gasteiger partial charge in [-0.2, -0.15) is 0 Å². The Morgan fingerprint density at radius 3 is 2.65 bits per heavy atom. The van der Waals surface area contributed by atoms with Crippen molar-refractivity contribution in [1.82, 2.24) is 9.55 Å². The zero-order chi connectivity index (χ0) is 22.8. The van der Waals surface area contributed by atoms with E-state index in [4.69, 9.17) is 21.5 Å². The molecule has 3 aromatic rings. The number of aryl methyl sites for hydroxylation is 1. The topological polar surface area (TPSA) is 147 Å². The first-order chi connectivity index (χ1) is 14.6. The van der Waals surface area contributed by atoms with Crippen LogP contribution in [0, 0.1) is 10.1 Å². The van der Waals surface area contributed by atoms with Crippen LogP contribution in [0.2, 0.25) is 5.02 Å². The second-order valence-corrected chi connectivity index (χ2v) is 8.69. The minimum absolute atomic E-state index is 0.0139. The van der Waals surface area contributed by atoms with Gasteiger partial charge in [-0.05, 0) is 30.7 Å². The van der Waals surface area contributed by atoms with Crippen molar-refractivity contribution in [3.05, 3.63) is 62.9 Å². The Bertz CT molecular complexity index is 1270. The summed E-state index contributed by atoms with van der Waals surface area (Å²) in [6.45, 7) is 2.41. The van der Waals surface area contributed by atoms with E-state index in [1.807, 2.05) is 11.5 Å². The average molecular weight is 467 g/mol. The molecule has 0 fully saturated rings. The number of benzene rings is 2. The van der Waals surface area contributed by atoms with Crippen LogP contribution in [0.4, 0.5) is 5.69 Å². The lowest BCUT2D eigenvalue weighted by atomic mass is 10.2. The molecular formula is C19H19ClN4O6S. The summed E-state index contributed by atoms with van der Waals surface area (Å²) in [6, 6.07) is 7.83. The number of sulfonamides is 1.